The molecule has 0 aliphatic carbocycles. The summed E-state index contributed by atoms with van der Waals surface area (Å²) in [4.78, 5) is 8.84. The predicted octanol–water partition coefficient (Wildman–Crippen LogP) is 8.37. The lowest BCUT2D eigenvalue weighted by atomic mass is 9.90. The Bertz CT molecular complexity index is 1930. The second kappa shape index (κ2) is 8.17. The van der Waals surface area contributed by atoms with E-state index in [1.54, 1.807) is 6.20 Å². The van der Waals surface area contributed by atoms with Gasteiger partial charge in [-0.2, -0.15) is 0 Å². The molecule has 0 aliphatic rings. The van der Waals surface area contributed by atoms with Crippen LogP contribution in [0.1, 0.15) is 9.94 Å². The van der Waals surface area contributed by atoms with Gasteiger partial charge in [0.25, 0.3) is 0 Å². The predicted molar refractivity (Wildman–Crippen MR) is 149 cm³/mol. The summed E-state index contributed by atoms with van der Waals surface area (Å²) in [6.07, 6.45) is 3.64. The van der Waals surface area contributed by atoms with Crippen molar-refractivity contribution in [2.45, 2.75) is 6.85 Å². The number of aromatic nitrogens is 3. The average Bonchev–Trinajstić information content (AvgIpc) is 3.36. The van der Waals surface area contributed by atoms with E-state index in [1.807, 2.05) is 65.4 Å². The van der Waals surface area contributed by atoms with Crippen LogP contribution in [-0.2, 0) is 0 Å². The molecule has 3 nitrogen and oxygen atoms in total. The molecule has 0 unspecified atom stereocenters. The molecule has 0 aliphatic heterocycles. The Hall–Kier alpha value is -4.76. The zero-order chi connectivity index (χ0) is 26.6. The van der Waals surface area contributed by atoms with Gasteiger partial charge >= 0.3 is 0 Å². The Kier molecular flexibility index (Phi) is 4.01. The van der Waals surface area contributed by atoms with Gasteiger partial charge in [0.1, 0.15) is 5.82 Å². The van der Waals surface area contributed by atoms with E-state index in [2.05, 4.69) is 64.6 Å². The number of hydrogen-bond donors (Lipinski definition) is 0. The van der Waals surface area contributed by atoms with Gasteiger partial charge in [-0.3, -0.25) is 9.55 Å². The van der Waals surface area contributed by atoms with Crippen LogP contribution in [0, 0.1) is 6.85 Å². The first kappa shape index (κ1) is 17.6. The zero-order valence-corrected chi connectivity index (χ0v) is 19.4. The third-order valence-electron chi connectivity index (χ3n) is 6.86. The molecule has 170 valence electrons. The summed E-state index contributed by atoms with van der Waals surface area (Å²) in [6, 6.07) is 36.6. The van der Waals surface area contributed by atoms with Crippen LogP contribution < -0.4 is 0 Å². The number of para-hydroxylation sites is 2. The first-order valence-electron chi connectivity index (χ1n) is 13.4. The van der Waals surface area contributed by atoms with E-state index in [0.29, 0.717) is 5.52 Å². The molecule has 3 heteroatoms. The largest absolute Gasteiger partial charge is 0.295 e. The summed E-state index contributed by atoms with van der Waals surface area (Å²) in [7, 11) is 0. The topological polar surface area (TPSA) is 30.7 Å². The van der Waals surface area contributed by atoms with Gasteiger partial charge in [0.15, 0.2) is 0 Å². The Labute approximate surface area is 213 Å². The van der Waals surface area contributed by atoms with Crippen LogP contribution in [0.25, 0.3) is 60.5 Å². The van der Waals surface area contributed by atoms with Gasteiger partial charge < -0.3 is 0 Å². The fourth-order valence-electron chi connectivity index (χ4n) is 5.27. The maximum atomic E-state index is 8.32. The maximum absolute atomic E-state index is 8.32. The van der Waals surface area contributed by atoms with Gasteiger partial charge in [0.2, 0.25) is 0 Å². The highest BCUT2D eigenvalue weighted by Crippen LogP contribution is 2.42. The first-order valence-corrected chi connectivity index (χ1v) is 11.9. The Morgan fingerprint density at radius 1 is 0.611 bits per heavy atom. The SMILES string of the molecule is [2H]C([2H])([2H])c1nc2ccccc2n1-c1c2ccccc2c(-c2ccc(-c3cccnc3)cc2)c2ccccc12. The Balaban J connectivity index is 1.57. The van der Waals surface area contributed by atoms with Crippen molar-refractivity contribution in [3.63, 3.8) is 0 Å². The number of fused-ring (bicyclic) bond motifs is 3. The van der Waals surface area contributed by atoms with E-state index in [9.17, 15) is 0 Å². The third-order valence-corrected chi connectivity index (χ3v) is 6.86. The van der Waals surface area contributed by atoms with Gasteiger partial charge in [-0.1, -0.05) is 91.0 Å². The van der Waals surface area contributed by atoms with Gasteiger partial charge in [0.05, 0.1) is 16.7 Å². The lowest BCUT2D eigenvalue weighted by Crippen LogP contribution is -2.01. The van der Waals surface area contributed by atoms with E-state index in [-0.39, 0.29) is 5.82 Å². The molecule has 0 radical (unpaired) electrons. The smallest absolute Gasteiger partial charge is 0.111 e. The van der Waals surface area contributed by atoms with Gasteiger partial charge in [0, 0.05) is 27.3 Å². The maximum Gasteiger partial charge on any atom is 0.111 e. The molecule has 0 amide bonds. The zero-order valence-electron chi connectivity index (χ0n) is 22.4. The molecule has 5 aromatic carbocycles. The monoisotopic (exact) mass is 464 g/mol. The second-order valence-electron chi connectivity index (χ2n) is 8.89. The quantitative estimate of drug-likeness (QED) is 0.246. The summed E-state index contributed by atoms with van der Waals surface area (Å²) in [5.74, 6) is 0.0626. The molecule has 7 rings (SSSR count). The number of hydrogen-bond acceptors (Lipinski definition) is 2. The van der Waals surface area contributed by atoms with Crippen LogP contribution in [0.15, 0.2) is 122 Å². The van der Waals surface area contributed by atoms with Crippen molar-refractivity contribution in [1.82, 2.24) is 14.5 Å². The fraction of sp³-hybridized carbons (Fsp3) is 0.0303. The van der Waals surface area contributed by atoms with Crippen molar-refractivity contribution in [3.8, 4) is 27.9 Å². The number of benzene rings is 5. The summed E-state index contributed by atoms with van der Waals surface area (Å²) < 4.78 is 26.8. The fourth-order valence-corrected chi connectivity index (χ4v) is 5.27. The molecule has 2 heterocycles. The highest BCUT2D eigenvalue weighted by molar-refractivity contribution is 6.18. The molecule has 0 saturated heterocycles. The molecule has 7 aromatic rings. The normalized spacial score (nSPS) is 13.1. The van der Waals surface area contributed by atoms with Gasteiger partial charge in [-0.25, -0.2) is 4.98 Å². The summed E-state index contributed by atoms with van der Waals surface area (Å²) in [6.45, 7) is -2.39. The van der Waals surface area contributed by atoms with Crippen molar-refractivity contribution in [1.29, 1.82) is 0 Å². The first-order chi connectivity index (χ1) is 19.0. The summed E-state index contributed by atoms with van der Waals surface area (Å²) in [5, 5.41) is 4.04. The summed E-state index contributed by atoms with van der Waals surface area (Å²) in [5.41, 5.74) is 6.63. The second-order valence-corrected chi connectivity index (χ2v) is 8.89. The molecule has 2 aromatic heterocycles. The van der Waals surface area contributed by atoms with Crippen molar-refractivity contribution >= 4 is 32.6 Å². The molecule has 0 bridgehead atoms. The Morgan fingerprint density at radius 2 is 1.25 bits per heavy atom. The number of nitrogens with zero attached hydrogens (tertiary/aromatic N) is 3. The third kappa shape index (κ3) is 3.14. The van der Waals surface area contributed by atoms with E-state index >= 15 is 0 Å². The average molecular weight is 465 g/mol. The molecular weight excluding hydrogens is 438 g/mol. The minimum atomic E-state index is -2.39. The standard InChI is InChI=1S/C33H23N3/c1-22-35-30-14-6-7-15-31(30)36(22)33-28-12-4-2-10-26(28)32(27-11-3-5-13-29(27)33)24-18-16-23(17-19-24)25-9-8-20-34-21-25/h2-21H,1H3/i1D3. The van der Waals surface area contributed by atoms with Crippen molar-refractivity contribution in [2.24, 2.45) is 0 Å². The van der Waals surface area contributed by atoms with Crippen molar-refractivity contribution in [2.75, 3.05) is 0 Å². The van der Waals surface area contributed by atoms with Crippen LogP contribution in [0.5, 0.6) is 0 Å². The van der Waals surface area contributed by atoms with E-state index in [4.69, 9.17) is 4.11 Å². The molecule has 0 atom stereocenters. The number of imidazole rings is 1. The van der Waals surface area contributed by atoms with Gasteiger partial charge in [-0.15, -0.1) is 0 Å². The lowest BCUT2D eigenvalue weighted by molar-refractivity contribution is 1.02. The molecule has 0 N–H and O–H groups in total. The molecule has 36 heavy (non-hydrogen) atoms. The van der Waals surface area contributed by atoms with Crippen LogP contribution in [0.2, 0.25) is 0 Å². The van der Waals surface area contributed by atoms with Gasteiger partial charge in [-0.05, 0) is 58.1 Å². The molecule has 0 saturated carbocycles. The minimum Gasteiger partial charge on any atom is -0.295 e. The summed E-state index contributed by atoms with van der Waals surface area (Å²) >= 11 is 0. The van der Waals surface area contributed by atoms with E-state index < -0.39 is 6.85 Å². The van der Waals surface area contributed by atoms with Crippen LogP contribution >= 0.6 is 0 Å². The number of pyridine rings is 1. The number of rotatable bonds is 3. The van der Waals surface area contributed by atoms with E-state index in [1.165, 1.54) is 0 Å². The van der Waals surface area contributed by atoms with Crippen molar-refractivity contribution in [3.05, 3.63) is 127 Å². The minimum absolute atomic E-state index is 0.0626. The highest BCUT2D eigenvalue weighted by atomic mass is 15.1. The van der Waals surface area contributed by atoms with E-state index in [0.717, 1.165) is 55.0 Å². The van der Waals surface area contributed by atoms with Crippen LogP contribution in [0.3, 0.4) is 0 Å². The molecule has 0 fully saturated rings. The molecule has 0 spiro atoms. The lowest BCUT2D eigenvalue weighted by Gasteiger charge is -2.19. The Morgan fingerprint density at radius 3 is 1.92 bits per heavy atom. The number of aryl methyl sites for hydroxylation is 1. The van der Waals surface area contributed by atoms with Crippen molar-refractivity contribution < 1.29 is 4.11 Å². The highest BCUT2D eigenvalue weighted by Gasteiger charge is 2.19. The van der Waals surface area contributed by atoms with Crippen LogP contribution in [0.4, 0.5) is 0 Å². The molecular formula is C33H23N3. The van der Waals surface area contributed by atoms with Crippen LogP contribution in [-0.4, -0.2) is 14.5 Å².